The van der Waals surface area contributed by atoms with Gasteiger partial charge in [0.1, 0.15) is 5.82 Å². The molecule has 0 spiro atoms. The highest BCUT2D eigenvalue weighted by Crippen LogP contribution is 2.37. The fourth-order valence-corrected chi connectivity index (χ4v) is 2.64. The molecule has 0 aliphatic carbocycles. The minimum absolute atomic E-state index is 0.0895. The van der Waals surface area contributed by atoms with Crippen molar-refractivity contribution in [2.45, 2.75) is 17.0 Å². The van der Waals surface area contributed by atoms with Gasteiger partial charge in [-0.15, -0.1) is 22.8 Å². The Hall–Kier alpha value is -1.93. The van der Waals surface area contributed by atoms with Crippen LogP contribution in [0.5, 0.6) is 0 Å². The van der Waals surface area contributed by atoms with Crippen LogP contribution in [0.15, 0.2) is 29.4 Å². The van der Waals surface area contributed by atoms with Gasteiger partial charge in [-0.25, -0.2) is 0 Å². The lowest BCUT2D eigenvalue weighted by atomic mass is 9.75. The Kier molecular flexibility index (Phi) is 3.42. The molecule has 0 unspecified atom stereocenters. The first-order valence-corrected chi connectivity index (χ1v) is 6.86. The van der Waals surface area contributed by atoms with E-state index < -0.39 is 0 Å². The van der Waals surface area contributed by atoms with Gasteiger partial charge in [0.2, 0.25) is 0 Å². The standard InChI is InChI=1S/C13H14N4O3S/c1-16-11(14-15-12(16)21)6-13(7-20-8-13)9-3-2-4-10(5-9)17(18)19/h2-5H,6-8H2,1H3,(H,15,21). The smallest absolute Gasteiger partial charge is 0.269 e. The zero-order valence-electron chi connectivity index (χ0n) is 11.4. The number of benzene rings is 1. The van der Waals surface area contributed by atoms with E-state index in [1.165, 1.54) is 6.07 Å². The average molecular weight is 306 g/mol. The molecular weight excluding hydrogens is 292 g/mol. The van der Waals surface area contributed by atoms with Crippen LogP contribution in [0.4, 0.5) is 5.69 Å². The van der Waals surface area contributed by atoms with Crippen LogP contribution in [0.25, 0.3) is 0 Å². The van der Waals surface area contributed by atoms with Gasteiger partial charge in [0.25, 0.3) is 5.69 Å². The quantitative estimate of drug-likeness (QED) is 0.526. The van der Waals surface area contributed by atoms with Crippen LogP contribution in [-0.2, 0) is 23.6 Å². The molecule has 1 aliphatic rings. The highest BCUT2D eigenvalue weighted by atomic mass is 32.1. The van der Waals surface area contributed by atoms with E-state index in [1.54, 1.807) is 16.7 Å². The van der Waals surface area contributed by atoms with Gasteiger partial charge in [0, 0.05) is 31.0 Å². The fourth-order valence-electron chi connectivity index (χ4n) is 2.48. The minimum atomic E-state index is -0.384. The van der Waals surface area contributed by atoms with Crippen LogP contribution in [0.1, 0.15) is 11.4 Å². The lowest BCUT2D eigenvalue weighted by Gasteiger charge is -2.41. The number of ether oxygens (including phenoxy) is 1. The van der Waals surface area contributed by atoms with E-state index in [4.69, 9.17) is 4.74 Å². The lowest BCUT2D eigenvalue weighted by molar-refractivity contribution is -0.385. The Labute approximate surface area is 126 Å². The summed E-state index contributed by atoms with van der Waals surface area (Å²) in [7, 11) is 1.85. The third kappa shape index (κ3) is 2.40. The molecule has 110 valence electrons. The Bertz CT molecular complexity index is 696. The van der Waals surface area contributed by atoms with Crippen molar-refractivity contribution in [3.63, 3.8) is 0 Å². The summed E-state index contributed by atoms with van der Waals surface area (Å²) in [6.07, 6.45) is 0.609. The van der Waals surface area contributed by atoms with Crippen molar-refractivity contribution in [3.8, 4) is 0 Å². The summed E-state index contributed by atoms with van der Waals surface area (Å²) in [6.45, 7) is 1.03. The summed E-state index contributed by atoms with van der Waals surface area (Å²) in [5.41, 5.74) is 0.700. The minimum Gasteiger partial charge on any atom is -0.379 e. The molecular formula is C13H14N4O3S. The maximum absolute atomic E-state index is 10.9. The molecule has 2 aromatic rings. The van der Waals surface area contributed by atoms with Crippen LogP contribution in [0.2, 0.25) is 0 Å². The molecule has 7 nitrogen and oxygen atoms in total. The Balaban J connectivity index is 1.95. The SMILES string of the molecule is Cn1c(S)nnc1CC1(c2cccc([N+](=O)[O-])c2)COC1. The molecule has 0 radical (unpaired) electrons. The molecule has 1 aromatic carbocycles. The second-order valence-electron chi connectivity index (χ2n) is 5.23. The molecule has 0 atom stereocenters. The number of nitrogens with zero attached hydrogens (tertiary/aromatic N) is 4. The molecule has 0 amide bonds. The van der Waals surface area contributed by atoms with Crippen molar-refractivity contribution in [1.82, 2.24) is 14.8 Å². The Morgan fingerprint density at radius 2 is 2.24 bits per heavy atom. The molecule has 0 saturated carbocycles. The van der Waals surface area contributed by atoms with Crippen LogP contribution in [0.3, 0.4) is 0 Å². The van der Waals surface area contributed by atoms with Crippen molar-refractivity contribution < 1.29 is 9.66 Å². The maximum atomic E-state index is 10.9. The third-order valence-corrected chi connectivity index (χ3v) is 4.25. The summed E-state index contributed by atoms with van der Waals surface area (Å²) in [5.74, 6) is 0.787. The highest BCUT2D eigenvalue weighted by Gasteiger charge is 2.42. The summed E-state index contributed by atoms with van der Waals surface area (Å²) >= 11 is 4.21. The van der Waals surface area contributed by atoms with Crippen LogP contribution < -0.4 is 0 Å². The predicted molar refractivity (Wildman–Crippen MR) is 77.6 cm³/mol. The summed E-state index contributed by atoms with van der Waals surface area (Å²) in [4.78, 5) is 10.6. The first kappa shape index (κ1) is 14.0. The predicted octanol–water partition coefficient (Wildman–Crippen LogP) is 1.52. The molecule has 0 bridgehead atoms. The summed E-state index contributed by atoms with van der Waals surface area (Å²) in [5, 5.41) is 19.5. The highest BCUT2D eigenvalue weighted by molar-refractivity contribution is 7.80. The number of aromatic nitrogens is 3. The third-order valence-electron chi connectivity index (χ3n) is 3.86. The first-order valence-electron chi connectivity index (χ1n) is 6.42. The van der Waals surface area contributed by atoms with Gasteiger partial charge in [-0.05, 0) is 5.56 Å². The number of nitro groups is 1. The van der Waals surface area contributed by atoms with Crippen molar-refractivity contribution >= 4 is 18.3 Å². The van der Waals surface area contributed by atoms with Gasteiger partial charge >= 0.3 is 0 Å². The van der Waals surface area contributed by atoms with Crippen LogP contribution in [0, 0.1) is 10.1 Å². The summed E-state index contributed by atoms with van der Waals surface area (Å²) < 4.78 is 7.17. The van der Waals surface area contributed by atoms with E-state index in [9.17, 15) is 10.1 Å². The largest absolute Gasteiger partial charge is 0.379 e. The molecule has 1 aliphatic heterocycles. The number of non-ortho nitro benzene ring substituents is 1. The zero-order chi connectivity index (χ0) is 15.0. The van der Waals surface area contributed by atoms with Gasteiger partial charge in [-0.2, -0.15) is 0 Å². The molecule has 1 aromatic heterocycles. The van der Waals surface area contributed by atoms with Crippen LogP contribution in [-0.4, -0.2) is 32.9 Å². The Morgan fingerprint density at radius 3 is 2.76 bits per heavy atom. The second kappa shape index (κ2) is 5.12. The number of rotatable bonds is 4. The lowest BCUT2D eigenvalue weighted by Crippen LogP contribution is -2.49. The molecule has 0 N–H and O–H groups in total. The molecule has 3 rings (SSSR count). The van der Waals surface area contributed by atoms with Gasteiger partial charge < -0.3 is 9.30 Å². The van der Waals surface area contributed by atoms with Crippen molar-refractivity contribution in [2.75, 3.05) is 13.2 Å². The second-order valence-corrected chi connectivity index (χ2v) is 5.63. The van der Waals surface area contributed by atoms with Crippen molar-refractivity contribution in [2.24, 2.45) is 7.05 Å². The zero-order valence-corrected chi connectivity index (χ0v) is 12.3. The van der Waals surface area contributed by atoms with Gasteiger partial charge in [0.15, 0.2) is 5.16 Å². The van der Waals surface area contributed by atoms with Crippen molar-refractivity contribution in [3.05, 3.63) is 45.8 Å². The molecule has 1 saturated heterocycles. The van der Waals surface area contributed by atoms with E-state index in [0.29, 0.717) is 24.8 Å². The monoisotopic (exact) mass is 306 g/mol. The molecule has 2 heterocycles. The topological polar surface area (TPSA) is 83.1 Å². The number of thiol groups is 1. The number of hydrogen-bond acceptors (Lipinski definition) is 6. The molecule has 1 fully saturated rings. The summed E-state index contributed by atoms with van der Waals surface area (Å²) in [6, 6.07) is 6.70. The fraction of sp³-hybridized carbons (Fsp3) is 0.385. The van der Waals surface area contributed by atoms with Gasteiger partial charge in [0.05, 0.1) is 18.1 Å². The maximum Gasteiger partial charge on any atom is 0.269 e. The van der Waals surface area contributed by atoms with Crippen molar-refractivity contribution in [1.29, 1.82) is 0 Å². The van der Waals surface area contributed by atoms with E-state index in [-0.39, 0.29) is 16.0 Å². The molecule has 21 heavy (non-hydrogen) atoms. The normalized spacial score (nSPS) is 16.5. The average Bonchev–Trinajstić information content (AvgIpc) is 2.74. The van der Waals surface area contributed by atoms with E-state index >= 15 is 0 Å². The van der Waals surface area contributed by atoms with E-state index in [0.717, 1.165) is 11.4 Å². The van der Waals surface area contributed by atoms with Crippen LogP contribution >= 0.6 is 12.6 Å². The Morgan fingerprint density at radius 1 is 1.48 bits per heavy atom. The van der Waals surface area contributed by atoms with E-state index in [1.807, 2.05) is 13.1 Å². The number of nitro benzene ring substituents is 1. The number of hydrogen-bond donors (Lipinski definition) is 1. The van der Waals surface area contributed by atoms with Gasteiger partial charge in [-0.3, -0.25) is 10.1 Å². The molecule has 8 heteroatoms. The first-order chi connectivity index (χ1) is 10.0. The van der Waals surface area contributed by atoms with Gasteiger partial charge in [-0.1, -0.05) is 12.1 Å². The van der Waals surface area contributed by atoms with E-state index in [2.05, 4.69) is 22.8 Å².